The monoisotopic (exact) mass is 812 g/mol. The molecule has 0 saturated heterocycles. The second-order valence-electron chi connectivity index (χ2n) is 15.5. The van der Waals surface area contributed by atoms with E-state index in [1.165, 1.54) is 101 Å². The molecule has 8 rings (SSSR count). The third-order valence-electron chi connectivity index (χ3n) is 11.8. The van der Waals surface area contributed by atoms with Crippen LogP contribution in [0.3, 0.4) is 0 Å². The Hall–Kier alpha value is -5.88. The topological polar surface area (TPSA) is 90.1 Å². The number of anilines is 3. The predicted octanol–water partition coefficient (Wildman–Crippen LogP) is 14.8. The third-order valence-corrected chi connectivity index (χ3v) is 13.5. The molecule has 0 saturated carbocycles. The quantitative estimate of drug-likeness (QED) is 0.0559. The number of carboxylic acid groups (broad SMARTS) is 1. The van der Waals surface area contributed by atoms with Gasteiger partial charge in [0, 0.05) is 43.4 Å². The molecule has 0 bridgehead atoms. The minimum absolute atomic E-state index is 0.0996. The Kier molecular flexibility index (Phi) is 12.1. The van der Waals surface area contributed by atoms with Crippen molar-refractivity contribution in [2.75, 3.05) is 4.90 Å². The van der Waals surface area contributed by atoms with E-state index in [4.69, 9.17) is 8.75 Å². The molecule has 0 amide bonds. The molecule has 2 heterocycles. The first-order valence-corrected chi connectivity index (χ1v) is 22.4. The number of nitrogens with zero attached hydrogens (tertiary/aromatic N) is 4. The summed E-state index contributed by atoms with van der Waals surface area (Å²) in [4.78, 5) is 16.4. The van der Waals surface area contributed by atoms with Gasteiger partial charge in [-0.3, -0.25) is 0 Å². The molecule has 6 nitrogen and oxygen atoms in total. The third kappa shape index (κ3) is 7.98. The van der Waals surface area contributed by atoms with Crippen LogP contribution in [0.1, 0.15) is 94.7 Å². The van der Waals surface area contributed by atoms with Crippen molar-refractivity contribution in [2.24, 2.45) is 0 Å². The van der Waals surface area contributed by atoms with Crippen LogP contribution in [0.2, 0.25) is 0 Å². The minimum atomic E-state index is -1.24. The number of para-hydroxylation sites is 2. The van der Waals surface area contributed by atoms with Crippen LogP contribution in [0.5, 0.6) is 0 Å². The molecular weight excluding hydrogens is 765 g/mol. The van der Waals surface area contributed by atoms with Gasteiger partial charge in [-0.25, -0.2) is 4.79 Å². The van der Waals surface area contributed by atoms with Crippen LogP contribution in [-0.2, 0) is 10.2 Å². The summed E-state index contributed by atoms with van der Waals surface area (Å²) in [6.07, 6.45) is 13.4. The van der Waals surface area contributed by atoms with E-state index in [0.29, 0.717) is 5.56 Å². The molecule has 0 atom stereocenters. The Labute approximate surface area is 355 Å². The van der Waals surface area contributed by atoms with Crippen LogP contribution in [0, 0.1) is 11.3 Å². The maximum atomic E-state index is 11.4. The molecule has 8 heteroatoms. The van der Waals surface area contributed by atoms with Gasteiger partial charge in [0.25, 0.3) is 0 Å². The number of aromatic nitrogens is 2. The van der Waals surface area contributed by atoms with Gasteiger partial charge in [0.05, 0.1) is 11.7 Å². The van der Waals surface area contributed by atoms with E-state index in [0.717, 1.165) is 51.9 Å². The highest BCUT2D eigenvalue weighted by Gasteiger charge is 2.44. The molecule has 0 aliphatic heterocycles. The summed E-state index contributed by atoms with van der Waals surface area (Å²) in [5.74, 6) is -1.24. The van der Waals surface area contributed by atoms with Gasteiger partial charge in [0.15, 0.2) is 0 Å². The smallest absolute Gasteiger partial charge is 0.346 e. The highest BCUT2D eigenvalue weighted by atomic mass is 32.1. The number of rotatable bonds is 17. The largest absolute Gasteiger partial charge is 0.477 e. The van der Waals surface area contributed by atoms with E-state index in [1.54, 1.807) is 6.07 Å². The lowest BCUT2D eigenvalue weighted by atomic mass is 9.70. The van der Waals surface area contributed by atoms with Crippen molar-refractivity contribution in [2.45, 2.75) is 83.5 Å². The zero-order valence-electron chi connectivity index (χ0n) is 33.7. The maximum Gasteiger partial charge on any atom is 0.346 e. The van der Waals surface area contributed by atoms with Crippen LogP contribution in [0.15, 0.2) is 127 Å². The van der Waals surface area contributed by atoms with E-state index in [-0.39, 0.29) is 11.0 Å². The second kappa shape index (κ2) is 17.9. The lowest BCUT2D eigenvalue weighted by Crippen LogP contribution is -2.25. The summed E-state index contributed by atoms with van der Waals surface area (Å²) in [5.41, 5.74) is 12.8. The van der Waals surface area contributed by atoms with Gasteiger partial charge in [-0.2, -0.15) is 14.0 Å². The summed E-state index contributed by atoms with van der Waals surface area (Å²) < 4.78 is 9.69. The number of carbonyl (C=O) groups is 1. The van der Waals surface area contributed by atoms with Gasteiger partial charge in [-0.1, -0.05) is 144 Å². The normalized spacial score (nSPS) is 12.9. The highest BCUT2D eigenvalue weighted by molar-refractivity contribution is 7.19. The van der Waals surface area contributed by atoms with Crippen LogP contribution in [-0.4, -0.2) is 19.8 Å². The van der Waals surface area contributed by atoms with Crippen molar-refractivity contribution in [1.29, 1.82) is 5.26 Å². The van der Waals surface area contributed by atoms with Gasteiger partial charge in [0.2, 0.25) is 0 Å². The van der Waals surface area contributed by atoms with E-state index < -0.39 is 5.97 Å². The fourth-order valence-electron chi connectivity index (χ4n) is 8.83. The molecule has 5 aromatic carbocycles. The Morgan fingerprint density at radius 1 is 0.695 bits per heavy atom. The molecule has 59 heavy (non-hydrogen) atoms. The first-order chi connectivity index (χ1) is 29.0. The molecule has 296 valence electrons. The van der Waals surface area contributed by atoms with E-state index in [9.17, 15) is 15.2 Å². The first-order valence-electron chi connectivity index (χ1n) is 20.9. The molecular formula is C51H48N4O2S2. The lowest BCUT2D eigenvalue weighted by Gasteiger charge is -2.34. The fraction of sp³-hybridized carbons (Fsp3) is 0.255. The fourth-order valence-corrected chi connectivity index (χ4v) is 10.7. The van der Waals surface area contributed by atoms with Gasteiger partial charge >= 0.3 is 5.97 Å². The summed E-state index contributed by atoms with van der Waals surface area (Å²) in [7, 11) is 0. The number of unbranched alkanes of at least 4 members (excludes halogenated alkanes) is 6. The molecule has 1 aliphatic carbocycles. The Morgan fingerprint density at radius 2 is 1.29 bits per heavy atom. The zero-order chi connectivity index (χ0) is 40.8. The molecule has 0 unspecified atom stereocenters. The van der Waals surface area contributed by atoms with Crippen LogP contribution in [0.25, 0.3) is 49.1 Å². The van der Waals surface area contributed by atoms with Crippen LogP contribution >= 0.6 is 23.1 Å². The van der Waals surface area contributed by atoms with Gasteiger partial charge < -0.3 is 10.0 Å². The number of hydrogen-bond donors (Lipinski definition) is 1. The van der Waals surface area contributed by atoms with Crippen molar-refractivity contribution >= 4 is 63.2 Å². The number of aliphatic carboxylic acids is 1. The Balaban J connectivity index is 1.24. The molecule has 0 radical (unpaired) electrons. The average molecular weight is 813 g/mol. The standard InChI is InChI=1S/C51H48N4O2S2/c1-3-5-7-15-29-51(30-16-8-6-4-2)44-32-40(55(38-17-11-9-12-18-38)39-19-13-10-14-20-39)25-26-42(44)49-45(51)33-46(58-49)43-28-27-41(47-48(43)54-59-53-47)36-23-21-35(22-24-36)31-37(34-52)50(56)57/h9-14,17-28,31-33H,3-8,15-16,29-30H2,1-2H3,(H,56,57). The summed E-state index contributed by atoms with van der Waals surface area (Å²) in [6.45, 7) is 4.59. The van der Waals surface area contributed by atoms with Crippen molar-refractivity contribution in [3.63, 3.8) is 0 Å². The molecule has 1 aliphatic rings. The summed E-state index contributed by atoms with van der Waals surface area (Å²) >= 11 is 3.12. The molecule has 7 aromatic rings. The van der Waals surface area contributed by atoms with E-state index in [1.807, 2.05) is 35.6 Å². The van der Waals surface area contributed by atoms with Crippen molar-refractivity contribution in [3.05, 3.63) is 144 Å². The highest BCUT2D eigenvalue weighted by Crippen LogP contribution is 2.59. The Bertz CT molecular complexity index is 2590. The van der Waals surface area contributed by atoms with Crippen molar-refractivity contribution in [1.82, 2.24) is 8.75 Å². The molecule has 0 fully saturated rings. The number of benzene rings is 5. The van der Waals surface area contributed by atoms with E-state index >= 15 is 0 Å². The first kappa shape index (κ1) is 39.9. The second-order valence-corrected chi connectivity index (χ2v) is 17.1. The predicted molar refractivity (Wildman–Crippen MR) is 246 cm³/mol. The lowest BCUT2D eigenvalue weighted by molar-refractivity contribution is -0.132. The van der Waals surface area contributed by atoms with Gasteiger partial charge in [0.1, 0.15) is 22.7 Å². The van der Waals surface area contributed by atoms with Crippen molar-refractivity contribution in [3.8, 4) is 38.1 Å². The number of fused-ring (bicyclic) bond motifs is 4. The van der Waals surface area contributed by atoms with Crippen LogP contribution < -0.4 is 4.90 Å². The Morgan fingerprint density at radius 3 is 1.88 bits per heavy atom. The zero-order valence-corrected chi connectivity index (χ0v) is 35.3. The average Bonchev–Trinajstić information content (AvgIpc) is 4.00. The van der Waals surface area contributed by atoms with Crippen molar-refractivity contribution < 1.29 is 9.90 Å². The number of hydrogen-bond acceptors (Lipinski definition) is 7. The molecule has 0 spiro atoms. The summed E-state index contributed by atoms with van der Waals surface area (Å²) in [5, 5.41) is 18.5. The van der Waals surface area contributed by atoms with E-state index in [2.05, 4.69) is 116 Å². The van der Waals surface area contributed by atoms with Crippen LogP contribution in [0.4, 0.5) is 17.1 Å². The number of carboxylic acids is 1. The number of thiophene rings is 1. The maximum absolute atomic E-state index is 11.4. The molecule has 2 aromatic heterocycles. The summed E-state index contributed by atoms with van der Waals surface area (Å²) in [6, 6.07) is 44.8. The SMILES string of the molecule is CCCCCCC1(CCCCCC)c2cc(N(c3ccccc3)c3ccccc3)ccc2-c2sc(-c3ccc(-c4ccc(C=C(C#N)C(=O)O)cc4)c4nsnc34)cc21. The van der Waals surface area contributed by atoms with Gasteiger partial charge in [-0.15, -0.1) is 11.3 Å². The minimum Gasteiger partial charge on any atom is -0.477 e. The number of nitriles is 1. The van der Waals surface area contributed by atoms with Gasteiger partial charge in [-0.05, 0) is 89.2 Å². The molecule has 1 N–H and O–H groups in total.